The lowest BCUT2D eigenvalue weighted by Crippen LogP contribution is -1.91. The fraction of sp³-hybridized carbons (Fsp3) is 0.0952. The first-order chi connectivity index (χ1) is 11.7. The topological polar surface area (TPSA) is 24.9 Å². The van der Waals surface area contributed by atoms with Crippen LogP contribution in [0.25, 0.3) is 22.0 Å². The number of nitrogens with one attached hydrogen (secondary N) is 1. The number of hydrogen-bond donors (Lipinski definition) is 1. The summed E-state index contributed by atoms with van der Waals surface area (Å²) in [6.45, 7) is 4.27. The van der Waals surface area contributed by atoms with E-state index in [0.717, 1.165) is 16.5 Å². The van der Waals surface area contributed by atoms with Crippen LogP contribution in [0.1, 0.15) is 11.1 Å². The minimum Gasteiger partial charge on any atom is -0.331 e. The molecule has 118 valence electrons. The Morgan fingerprint density at radius 2 is 1.71 bits per heavy atom. The van der Waals surface area contributed by atoms with Gasteiger partial charge in [-0.1, -0.05) is 48.5 Å². The second-order valence-electron chi connectivity index (χ2n) is 5.99. The minimum atomic E-state index is 0.916. The first-order valence-electron chi connectivity index (χ1n) is 7.99. The van der Waals surface area contributed by atoms with Crippen molar-refractivity contribution in [2.24, 2.45) is 0 Å². The summed E-state index contributed by atoms with van der Waals surface area (Å²) in [6.07, 6.45) is 0. The highest BCUT2D eigenvalue weighted by Gasteiger charge is 2.07. The summed E-state index contributed by atoms with van der Waals surface area (Å²) in [6, 6.07) is 21.2. The van der Waals surface area contributed by atoms with E-state index >= 15 is 0 Å². The molecule has 0 spiro atoms. The van der Waals surface area contributed by atoms with Crippen LogP contribution in [0.5, 0.6) is 0 Å². The number of benzene rings is 3. The van der Waals surface area contributed by atoms with Gasteiger partial charge in [0.2, 0.25) is 0 Å². The molecule has 0 amide bonds. The molecule has 0 aliphatic rings. The van der Waals surface area contributed by atoms with Crippen LogP contribution in [0, 0.1) is 13.8 Å². The summed E-state index contributed by atoms with van der Waals surface area (Å²) in [5.41, 5.74) is 5.88. The molecule has 0 bridgehead atoms. The van der Waals surface area contributed by atoms with Crippen molar-refractivity contribution in [1.29, 1.82) is 0 Å². The van der Waals surface area contributed by atoms with E-state index in [1.807, 2.05) is 0 Å². The molecule has 4 aromatic rings. The molecule has 0 radical (unpaired) electrons. The quantitative estimate of drug-likeness (QED) is 0.475. The molecule has 1 aromatic heterocycles. The third-order valence-corrected chi connectivity index (χ3v) is 5.10. The largest absolute Gasteiger partial charge is 0.331 e. The summed E-state index contributed by atoms with van der Waals surface area (Å²) in [4.78, 5) is 4.76. The maximum absolute atomic E-state index is 4.76. The molecule has 0 aliphatic heterocycles. The van der Waals surface area contributed by atoms with E-state index in [1.165, 1.54) is 27.5 Å². The second-order valence-corrected chi connectivity index (χ2v) is 6.85. The molecule has 24 heavy (non-hydrogen) atoms. The molecule has 0 unspecified atom stereocenters. The standard InChI is InChI=1S/C21H18N2S/c1-14-10-11-17(12-15(14)2)20-13-24-21(23-20)22-19-9-5-7-16-6-3-4-8-18(16)19/h3-13H,1-2H3,(H,22,23). The van der Waals surface area contributed by atoms with Crippen molar-refractivity contribution in [2.75, 3.05) is 5.32 Å². The Bertz CT molecular complexity index is 1010. The van der Waals surface area contributed by atoms with Crippen LogP contribution in [-0.4, -0.2) is 4.98 Å². The molecule has 1 N–H and O–H groups in total. The fourth-order valence-electron chi connectivity index (χ4n) is 2.81. The predicted molar refractivity (Wildman–Crippen MR) is 104 cm³/mol. The van der Waals surface area contributed by atoms with Gasteiger partial charge in [0.15, 0.2) is 5.13 Å². The lowest BCUT2D eigenvalue weighted by molar-refractivity contribution is 1.32. The highest BCUT2D eigenvalue weighted by molar-refractivity contribution is 7.14. The summed E-state index contributed by atoms with van der Waals surface area (Å²) in [5.74, 6) is 0. The van der Waals surface area contributed by atoms with E-state index < -0.39 is 0 Å². The molecule has 3 heteroatoms. The average Bonchev–Trinajstić information content (AvgIpc) is 3.06. The average molecular weight is 330 g/mol. The van der Waals surface area contributed by atoms with Gasteiger partial charge >= 0.3 is 0 Å². The Hall–Kier alpha value is -2.65. The van der Waals surface area contributed by atoms with E-state index in [2.05, 4.69) is 85.2 Å². The molecular weight excluding hydrogens is 312 g/mol. The molecular formula is C21H18N2S. The van der Waals surface area contributed by atoms with Crippen LogP contribution in [0.15, 0.2) is 66.0 Å². The van der Waals surface area contributed by atoms with E-state index in [-0.39, 0.29) is 0 Å². The van der Waals surface area contributed by atoms with Crippen molar-refractivity contribution in [3.05, 3.63) is 77.2 Å². The fourth-order valence-corrected chi connectivity index (χ4v) is 3.55. The van der Waals surface area contributed by atoms with Crippen molar-refractivity contribution < 1.29 is 0 Å². The number of aryl methyl sites for hydroxylation is 2. The zero-order valence-electron chi connectivity index (χ0n) is 13.7. The maximum Gasteiger partial charge on any atom is 0.187 e. The van der Waals surface area contributed by atoms with Crippen LogP contribution in [-0.2, 0) is 0 Å². The van der Waals surface area contributed by atoms with Crippen LogP contribution in [0.4, 0.5) is 10.8 Å². The van der Waals surface area contributed by atoms with Gasteiger partial charge in [-0.15, -0.1) is 11.3 Å². The molecule has 0 atom stereocenters. The van der Waals surface area contributed by atoms with Crippen molar-refractivity contribution in [3.63, 3.8) is 0 Å². The molecule has 2 nitrogen and oxygen atoms in total. The Balaban J connectivity index is 1.66. The molecule has 0 saturated carbocycles. The Morgan fingerprint density at radius 1 is 0.875 bits per heavy atom. The monoisotopic (exact) mass is 330 g/mol. The summed E-state index contributed by atoms with van der Waals surface area (Å²) in [7, 11) is 0. The van der Waals surface area contributed by atoms with Crippen LogP contribution >= 0.6 is 11.3 Å². The van der Waals surface area contributed by atoms with Gasteiger partial charge in [-0.3, -0.25) is 0 Å². The Morgan fingerprint density at radius 3 is 2.58 bits per heavy atom. The zero-order valence-corrected chi connectivity index (χ0v) is 14.5. The number of hydrogen-bond acceptors (Lipinski definition) is 3. The molecule has 0 aliphatic carbocycles. The number of nitrogens with zero attached hydrogens (tertiary/aromatic N) is 1. The van der Waals surface area contributed by atoms with Gasteiger partial charge in [-0.2, -0.15) is 0 Å². The van der Waals surface area contributed by atoms with E-state index in [4.69, 9.17) is 4.98 Å². The van der Waals surface area contributed by atoms with Gasteiger partial charge in [0.1, 0.15) is 0 Å². The van der Waals surface area contributed by atoms with Crippen LogP contribution in [0.3, 0.4) is 0 Å². The highest BCUT2D eigenvalue weighted by atomic mass is 32.1. The van der Waals surface area contributed by atoms with Gasteiger partial charge < -0.3 is 5.32 Å². The summed E-state index contributed by atoms with van der Waals surface area (Å²) < 4.78 is 0. The van der Waals surface area contributed by atoms with Gasteiger partial charge in [0.25, 0.3) is 0 Å². The Kier molecular flexibility index (Phi) is 3.79. The van der Waals surface area contributed by atoms with Crippen LogP contribution < -0.4 is 5.32 Å². The highest BCUT2D eigenvalue weighted by Crippen LogP contribution is 2.31. The van der Waals surface area contributed by atoms with E-state index in [1.54, 1.807) is 11.3 Å². The van der Waals surface area contributed by atoms with E-state index in [9.17, 15) is 0 Å². The van der Waals surface area contributed by atoms with Crippen molar-refractivity contribution in [3.8, 4) is 11.3 Å². The minimum absolute atomic E-state index is 0.916. The van der Waals surface area contributed by atoms with Crippen LogP contribution in [0.2, 0.25) is 0 Å². The lowest BCUT2D eigenvalue weighted by atomic mass is 10.1. The number of thiazole rings is 1. The molecule has 0 fully saturated rings. The van der Waals surface area contributed by atoms with E-state index in [0.29, 0.717) is 0 Å². The van der Waals surface area contributed by atoms with Crippen molar-refractivity contribution in [2.45, 2.75) is 13.8 Å². The molecule has 3 aromatic carbocycles. The number of fused-ring (bicyclic) bond motifs is 1. The SMILES string of the molecule is Cc1ccc(-c2csc(Nc3cccc4ccccc34)n2)cc1C. The van der Waals surface area contributed by atoms with Gasteiger partial charge in [0.05, 0.1) is 5.69 Å². The van der Waals surface area contributed by atoms with Gasteiger partial charge in [-0.05, 0) is 42.5 Å². The number of anilines is 2. The second kappa shape index (κ2) is 6.10. The van der Waals surface area contributed by atoms with Gasteiger partial charge in [0, 0.05) is 22.0 Å². The molecule has 0 saturated heterocycles. The zero-order chi connectivity index (χ0) is 16.5. The maximum atomic E-state index is 4.76. The lowest BCUT2D eigenvalue weighted by Gasteiger charge is -2.07. The summed E-state index contributed by atoms with van der Waals surface area (Å²) in [5, 5.41) is 8.94. The van der Waals surface area contributed by atoms with Gasteiger partial charge in [-0.25, -0.2) is 4.98 Å². The third kappa shape index (κ3) is 2.79. The number of aromatic nitrogens is 1. The predicted octanol–water partition coefficient (Wildman–Crippen LogP) is 6.32. The first-order valence-corrected chi connectivity index (χ1v) is 8.86. The first kappa shape index (κ1) is 14.9. The molecule has 1 heterocycles. The van der Waals surface area contributed by atoms with Crippen molar-refractivity contribution >= 4 is 32.9 Å². The smallest absolute Gasteiger partial charge is 0.187 e. The number of rotatable bonds is 3. The third-order valence-electron chi connectivity index (χ3n) is 4.34. The molecule has 4 rings (SSSR count). The normalized spacial score (nSPS) is 10.9. The Labute approximate surface area is 145 Å². The summed E-state index contributed by atoms with van der Waals surface area (Å²) >= 11 is 1.64. The van der Waals surface area contributed by atoms with Crippen molar-refractivity contribution in [1.82, 2.24) is 4.98 Å².